The molecule has 2 fully saturated rings. The Kier molecular flexibility index (Phi) is 3.31. The zero-order valence-corrected chi connectivity index (χ0v) is 10.3. The normalized spacial score (nSPS) is 42.3. The Balaban J connectivity index is 0.000000336. The van der Waals surface area contributed by atoms with Gasteiger partial charge in [-0.3, -0.25) is 0 Å². The summed E-state index contributed by atoms with van der Waals surface area (Å²) in [6.45, 7) is 7.31. The van der Waals surface area contributed by atoms with Crippen molar-refractivity contribution in [2.24, 2.45) is 16.7 Å². The molecular weight excluding hydrogens is 262 g/mol. The summed E-state index contributed by atoms with van der Waals surface area (Å²) in [5.41, 5.74) is 1.19. The molecule has 2 bridgehead atoms. The maximum absolute atomic E-state index is 4.49. The van der Waals surface area contributed by atoms with Gasteiger partial charge < -0.3 is 6.42 Å². The number of halogens is 1. The minimum atomic E-state index is 0.581. The molecule has 0 heterocycles. The SMILES string of the molecule is CC12[CH-]CC(CC1)C2(C)C.[Cl][Pd+]. The van der Waals surface area contributed by atoms with Crippen molar-refractivity contribution < 1.29 is 18.2 Å². The van der Waals surface area contributed by atoms with Crippen LogP contribution in [-0.4, -0.2) is 0 Å². The third-order valence-electron chi connectivity index (χ3n) is 4.36. The number of rotatable bonds is 0. The van der Waals surface area contributed by atoms with Crippen LogP contribution in [0, 0.1) is 23.2 Å². The molecular formula is C10H17ClPd. The van der Waals surface area contributed by atoms with Crippen molar-refractivity contribution in [1.29, 1.82) is 0 Å². The molecule has 2 aliphatic carbocycles. The first kappa shape index (κ1) is 11.0. The molecule has 0 aromatic rings. The summed E-state index contributed by atoms with van der Waals surface area (Å²) in [7, 11) is 4.49. The van der Waals surface area contributed by atoms with Crippen LogP contribution >= 0.6 is 9.53 Å². The molecule has 2 unspecified atom stereocenters. The van der Waals surface area contributed by atoms with Gasteiger partial charge in [0.1, 0.15) is 0 Å². The van der Waals surface area contributed by atoms with Crippen molar-refractivity contribution in [2.75, 3.05) is 0 Å². The van der Waals surface area contributed by atoms with Gasteiger partial charge in [0.25, 0.3) is 0 Å². The van der Waals surface area contributed by atoms with E-state index in [0.717, 1.165) is 5.92 Å². The van der Waals surface area contributed by atoms with E-state index >= 15 is 0 Å². The summed E-state index contributed by atoms with van der Waals surface area (Å²) in [6, 6.07) is 0. The summed E-state index contributed by atoms with van der Waals surface area (Å²) in [4.78, 5) is 0. The van der Waals surface area contributed by atoms with Crippen LogP contribution in [0.15, 0.2) is 0 Å². The monoisotopic (exact) mass is 278 g/mol. The van der Waals surface area contributed by atoms with Crippen LogP contribution in [0.1, 0.15) is 40.0 Å². The van der Waals surface area contributed by atoms with Crippen molar-refractivity contribution >= 4 is 9.53 Å². The molecule has 0 amide bonds. The van der Waals surface area contributed by atoms with E-state index in [2.05, 4.69) is 54.9 Å². The van der Waals surface area contributed by atoms with Crippen molar-refractivity contribution in [3.63, 3.8) is 0 Å². The first-order chi connectivity index (χ1) is 5.56. The standard InChI is InChI=1S/C10H17.ClH.Pd/c1-9(2)8-4-6-10(9,3)7-5-8;;/h6,8H,4-5,7H2,1-3H3;1H;/q-1;;+2/p-1. The van der Waals surface area contributed by atoms with Gasteiger partial charge in [-0.1, -0.05) is 44.9 Å². The van der Waals surface area contributed by atoms with E-state index < -0.39 is 0 Å². The molecule has 2 atom stereocenters. The van der Waals surface area contributed by atoms with Crippen LogP contribution in [0.5, 0.6) is 0 Å². The van der Waals surface area contributed by atoms with Crippen LogP contribution in [0.25, 0.3) is 0 Å². The van der Waals surface area contributed by atoms with E-state index in [1.54, 1.807) is 0 Å². The molecule has 2 saturated carbocycles. The second-order valence-corrected chi connectivity index (χ2v) is 4.81. The first-order valence-corrected chi connectivity index (χ1v) is 6.53. The fraction of sp³-hybridized carbons (Fsp3) is 0.900. The van der Waals surface area contributed by atoms with Crippen LogP contribution < -0.4 is 0 Å². The molecule has 2 heteroatoms. The molecule has 0 saturated heterocycles. The molecule has 74 valence electrons. The first-order valence-electron chi connectivity index (χ1n) is 4.53. The van der Waals surface area contributed by atoms with Gasteiger partial charge >= 0.3 is 27.7 Å². The molecule has 0 radical (unpaired) electrons. The molecule has 0 N–H and O–H groups in total. The minimum absolute atomic E-state index is 0.581. The Morgan fingerprint density at radius 2 is 1.92 bits per heavy atom. The molecule has 0 aliphatic heterocycles. The van der Waals surface area contributed by atoms with Crippen molar-refractivity contribution in [1.82, 2.24) is 0 Å². The van der Waals surface area contributed by atoms with Crippen LogP contribution in [-0.2, 0) is 18.2 Å². The Bertz CT molecular complexity index is 154. The number of hydrogen-bond acceptors (Lipinski definition) is 0. The van der Waals surface area contributed by atoms with Crippen molar-refractivity contribution in [3.8, 4) is 0 Å². The van der Waals surface area contributed by atoms with Crippen molar-refractivity contribution in [2.45, 2.75) is 40.0 Å². The Morgan fingerprint density at radius 3 is 2.00 bits per heavy atom. The van der Waals surface area contributed by atoms with E-state index in [4.69, 9.17) is 0 Å². The summed E-state index contributed by atoms with van der Waals surface area (Å²) < 4.78 is 0. The molecule has 0 aromatic carbocycles. The van der Waals surface area contributed by atoms with Crippen LogP contribution in [0.3, 0.4) is 0 Å². The Labute approximate surface area is 90.8 Å². The van der Waals surface area contributed by atoms with Crippen LogP contribution in [0.2, 0.25) is 0 Å². The summed E-state index contributed by atoms with van der Waals surface area (Å²) in [5, 5.41) is 0. The molecule has 0 aromatic heterocycles. The maximum atomic E-state index is 4.49. The molecule has 2 aliphatic rings. The van der Waals surface area contributed by atoms with E-state index in [1.807, 2.05) is 0 Å². The zero-order valence-electron chi connectivity index (χ0n) is 7.97. The second-order valence-electron chi connectivity index (χ2n) is 4.81. The fourth-order valence-electron chi connectivity index (χ4n) is 2.80. The molecule has 0 nitrogen and oxygen atoms in total. The topological polar surface area (TPSA) is 0 Å². The molecule has 12 heavy (non-hydrogen) atoms. The zero-order chi connectivity index (χ0) is 9.41. The number of hydrogen-bond donors (Lipinski definition) is 0. The fourth-order valence-corrected chi connectivity index (χ4v) is 2.80. The van der Waals surface area contributed by atoms with Gasteiger partial charge in [-0.2, -0.15) is 11.8 Å². The Hall–Kier alpha value is 0.952. The van der Waals surface area contributed by atoms with Gasteiger partial charge in [0.05, 0.1) is 0 Å². The molecule has 2 rings (SSSR count). The predicted molar refractivity (Wildman–Crippen MR) is 49.4 cm³/mol. The van der Waals surface area contributed by atoms with E-state index in [0.29, 0.717) is 10.8 Å². The van der Waals surface area contributed by atoms with Gasteiger partial charge in [-0.05, 0) is 0 Å². The van der Waals surface area contributed by atoms with E-state index in [9.17, 15) is 0 Å². The summed E-state index contributed by atoms with van der Waals surface area (Å²) in [5.74, 6) is 0.998. The van der Waals surface area contributed by atoms with Crippen molar-refractivity contribution in [3.05, 3.63) is 6.42 Å². The van der Waals surface area contributed by atoms with Gasteiger partial charge in [0, 0.05) is 0 Å². The number of fused-ring (bicyclic) bond motifs is 2. The third kappa shape index (κ3) is 1.39. The average Bonchev–Trinajstić information content (AvgIpc) is 2.40. The average molecular weight is 279 g/mol. The van der Waals surface area contributed by atoms with Gasteiger partial charge in [-0.25, -0.2) is 0 Å². The third-order valence-corrected chi connectivity index (χ3v) is 4.36. The summed E-state index contributed by atoms with van der Waals surface area (Å²) in [6.07, 6.45) is 6.84. The van der Waals surface area contributed by atoms with E-state index in [1.165, 1.54) is 19.3 Å². The van der Waals surface area contributed by atoms with Gasteiger partial charge in [-0.15, -0.1) is 0 Å². The predicted octanol–water partition coefficient (Wildman–Crippen LogP) is 3.72. The van der Waals surface area contributed by atoms with Gasteiger partial charge in [0.2, 0.25) is 0 Å². The second kappa shape index (κ2) is 3.60. The molecule has 0 spiro atoms. The quantitative estimate of drug-likeness (QED) is 0.468. The van der Waals surface area contributed by atoms with Gasteiger partial charge in [0.15, 0.2) is 0 Å². The Morgan fingerprint density at radius 1 is 1.33 bits per heavy atom. The van der Waals surface area contributed by atoms with E-state index in [-0.39, 0.29) is 0 Å². The summed E-state index contributed by atoms with van der Waals surface area (Å²) >= 11 is 2.22. The van der Waals surface area contributed by atoms with Crippen LogP contribution in [0.4, 0.5) is 0 Å².